The average Bonchev–Trinajstić information content (AvgIpc) is 2.14. The van der Waals surface area contributed by atoms with Crippen LogP contribution < -0.4 is 0 Å². The van der Waals surface area contributed by atoms with Crippen LogP contribution in [0.2, 0.25) is 0 Å². The molecule has 0 aromatic carbocycles. The van der Waals surface area contributed by atoms with Crippen molar-refractivity contribution in [2.75, 3.05) is 0 Å². The van der Waals surface area contributed by atoms with Gasteiger partial charge in [0.25, 0.3) is 0 Å². The Balaban J connectivity index is 2.98. The van der Waals surface area contributed by atoms with E-state index in [2.05, 4.69) is 11.7 Å². The minimum Gasteiger partial charge on any atom is -0.275 e. The summed E-state index contributed by atoms with van der Waals surface area (Å²) >= 11 is 0. The molecule has 1 aromatic rings. The molecular weight excluding hydrogens is 112 g/mol. The van der Waals surface area contributed by atoms with Crippen LogP contribution in [0.1, 0.15) is 12.6 Å². The van der Waals surface area contributed by atoms with Gasteiger partial charge in [-0.1, -0.05) is 6.58 Å². The topological polar surface area (TPSA) is 17.8 Å². The van der Waals surface area contributed by atoms with Crippen LogP contribution in [0, 0.1) is 0 Å². The zero-order valence-corrected chi connectivity index (χ0v) is 5.76. The van der Waals surface area contributed by atoms with Crippen LogP contribution in [0.5, 0.6) is 0 Å². The highest BCUT2D eigenvalue weighted by Gasteiger charge is 1.93. The molecule has 1 heterocycles. The molecule has 0 N–H and O–H groups in total. The molecule has 0 unspecified atom stereocenters. The largest absolute Gasteiger partial charge is 0.275 e. The summed E-state index contributed by atoms with van der Waals surface area (Å²) in [6.07, 6.45) is 1.91. The Kier molecular flexibility index (Phi) is 1.39. The standard InChI is InChI=1S/C7H10N2/c1-6(2)7-4-5-9(3)8-7/h4-5H,1H2,2-3H3. The van der Waals surface area contributed by atoms with Gasteiger partial charge in [-0.05, 0) is 18.6 Å². The Morgan fingerprint density at radius 2 is 2.44 bits per heavy atom. The van der Waals surface area contributed by atoms with Crippen molar-refractivity contribution in [3.63, 3.8) is 0 Å². The van der Waals surface area contributed by atoms with Crippen LogP contribution >= 0.6 is 0 Å². The van der Waals surface area contributed by atoms with Gasteiger partial charge < -0.3 is 0 Å². The first-order valence-corrected chi connectivity index (χ1v) is 2.85. The van der Waals surface area contributed by atoms with E-state index in [1.165, 1.54) is 0 Å². The van der Waals surface area contributed by atoms with E-state index in [9.17, 15) is 0 Å². The third-order valence-electron chi connectivity index (χ3n) is 1.15. The van der Waals surface area contributed by atoms with Crippen LogP contribution in [0.4, 0.5) is 0 Å². The van der Waals surface area contributed by atoms with Gasteiger partial charge in [-0.15, -0.1) is 0 Å². The number of nitrogens with zero attached hydrogens (tertiary/aromatic N) is 2. The Morgan fingerprint density at radius 3 is 2.67 bits per heavy atom. The van der Waals surface area contributed by atoms with Gasteiger partial charge in [-0.2, -0.15) is 5.10 Å². The van der Waals surface area contributed by atoms with Gasteiger partial charge in [-0.25, -0.2) is 0 Å². The number of rotatable bonds is 1. The van der Waals surface area contributed by atoms with Gasteiger partial charge in [0.2, 0.25) is 0 Å². The summed E-state index contributed by atoms with van der Waals surface area (Å²) in [5, 5.41) is 4.13. The SMILES string of the molecule is C=C(C)c1ccn(C)n1. The Labute approximate surface area is 54.8 Å². The van der Waals surface area contributed by atoms with Gasteiger partial charge >= 0.3 is 0 Å². The molecule has 48 valence electrons. The second-order valence-electron chi connectivity index (χ2n) is 2.15. The van der Waals surface area contributed by atoms with Crippen LogP contribution in [0.25, 0.3) is 5.57 Å². The van der Waals surface area contributed by atoms with Crippen LogP contribution in [0.15, 0.2) is 18.8 Å². The number of hydrogen-bond donors (Lipinski definition) is 0. The Hall–Kier alpha value is -1.05. The fourth-order valence-corrected chi connectivity index (χ4v) is 0.643. The summed E-state index contributed by atoms with van der Waals surface area (Å²) in [6.45, 7) is 5.71. The lowest BCUT2D eigenvalue weighted by Crippen LogP contribution is -1.88. The maximum Gasteiger partial charge on any atom is 0.0873 e. The van der Waals surface area contributed by atoms with Gasteiger partial charge in [0.05, 0.1) is 5.69 Å². The highest BCUT2D eigenvalue weighted by atomic mass is 15.2. The smallest absolute Gasteiger partial charge is 0.0873 e. The molecule has 0 saturated heterocycles. The van der Waals surface area contributed by atoms with Crippen LogP contribution in [0.3, 0.4) is 0 Å². The maximum absolute atomic E-state index is 4.13. The van der Waals surface area contributed by atoms with Crippen molar-refractivity contribution in [2.24, 2.45) is 7.05 Å². The maximum atomic E-state index is 4.13. The first-order valence-electron chi connectivity index (χ1n) is 2.85. The van der Waals surface area contributed by atoms with Crippen molar-refractivity contribution >= 4 is 5.57 Å². The zero-order valence-electron chi connectivity index (χ0n) is 5.76. The molecule has 1 aromatic heterocycles. The number of aromatic nitrogens is 2. The van der Waals surface area contributed by atoms with E-state index in [1.807, 2.05) is 26.2 Å². The fraction of sp³-hybridized carbons (Fsp3) is 0.286. The van der Waals surface area contributed by atoms with Gasteiger partial charge in [0.1, 0.15) is 0 Å². The van der Waals surface area contributed by atoms with Gasteiger partial charge in [0.15, 0.2) is 0 Å². The Bertz CT molecular complexity index is 223. The summed E-state index contributed by atoms with van der Waals surface area (Å²) < 4.78 is 1.77. The molecule has 0 fully saturated rings. The van der Waals surface area contributed by atoms with Crippen molar-refractivity contribution in [1.29, 1.82) is 0 Å². The van der Waals surface area contributed by atoms with Crippen molar-refractivity contribution in [3.05, 3.63) is 24.5 Å². The number of aryl methyl sites for hydroxylation is 1. The molecule has 0 amide bonds. The van der Waals surface area contributed by atoms with E-state index in [0.29, 0.717) is 0 Å². The van der Waals surface area contributed by atoms with Crippen LogP contribution in [-0.4, -0.2) is 9.78 Å². The summed E-state index contributed by atoms with van der Waals surface area (Å²) in [5.41, 5.74) is 1.98. The Morgan fingerprint density at radius 1 is 1.78 bits per heavy atom. The highest BCUT2D eigenvalue weighted by Crippen LogP contribution is 2.05. The third-order valence-corrected chi connectivity index (χ3v) is 1.15. The summed E-state index contributed by atoms with van der Waals surface area (Å²) in [5.74, 6) is 0. The zero-order chi connectivity index (χ0) is 6.85. The first kappa shape index (κ1) is 6.08. The van der Waals surface area contributed by atoms with E-state index < -0.39 is 0 Å². The molecule has 2 nitrogen and oxygen atoms in total. The monoisotopic (exact) mass is 122 g/mol. The van der Waals surface area contributed by atoms with Crippen molar-refractivity contribution < 1.29 is 0 Å². The highest BCUT2D eigenvalue weighted by molar-refractivity contribution is 5.56. The quantitative estimate of drug-likeness (QED) is 0.551. The van der Waals surface area contributed by atoms with E-state index >= 15 is 0 Å². The molecule has 1 rings (SSSR count). The lowest BCUT2D eigenvalue weighted by atomic mass is 10.3. The molecule has 0 spiro atoms. The molecule has 0 aliphatic rings. The van der Waals surface area contributed by atoms with Crippen molar-refractivity contribution in [3.8, 4) is 0 Å². The molecule has 0 aliphatic carbocycles. The van der Waals surface area contributed by atoms with E-state index in [0.717, 1.165) is 11.3 Å². The number of allylic oxidation sites excluding steroid dienone is 1. The van der Waals surface area contributed by atoms with E-state index in [-0.39, 0.29) is 0 Å². The molecule has 0 radical (unpaired) electrons. The molecule has 2 heteroatoms. The van der Waals surface area contributed by atoms with Crippen molar-refractivity contribution in [2.45, 2.75) is 6.92 Å². The minimum absolute atomic E-state index is 0.970. The van der Waals surface area contributed by atoms with Gasteiger partial charge in [0, 0.05) is 13.2 Å². The van der Waals surface area contributed by atoms with E-state index in [1.54, 1.807) is 4.68 Å². The second kappa shape index (κ2) is 2.05. The minimum atomic E-state index is 0.970. The van der Waals surface area contributed by atoms with E-state index in [4.69, 9.17) is 0 Å². The summed E-state index contributed by atoms with van der Waals surface area (Å²) in [4.78, 5) is 0. The number of hydrogen-bond acceptors (Lipinski definition) is 1. The summed E-state index contributed by atoms with van der Waals surface area (Å²) in [6, 6.07) is 1.95. The van der Waals surface area contributed by atoms with Gasteiger partial charge in [-0.3, -0.25) is 4.68 Å². The normalized spacial score (nSPS) is 9.56. The predicted molar refractivity (Wildman–Crippen MR) is 37.9 cm³/mol. The molecule has 0 bridgehead atoms. The van der Waals surface area contributed by atoms with Crippen molar-refractivity contribution in [1.82, 2.24) is 9.78 Å². The lowest BCUT2D eigenvalue weighted by Gasteiger charge is -1.88. The predicted octanol–water partition coefficient (Wildman–Crippen LogP) is 1.45. The lowest BCUT2D eigenvalue weighted by molar-refractivity contribution is 0.763. The molecule has 0 saturated carbocycles. The van der Waals surface area contributed by atoms with Crippen LogP contribution in [-0.2, 0) is 7.05 Å². The fourth-order valence-electron chi connectivity index (χ4n) is 0.643. The molecular formula is C7H10N2. The molecule has 0 aliphatic heterocycles. The summed E-state index contributed by atoms with van der Waals surface area (Å²) in [7, 11) is 1.90. The molecule has 9 heavy (non-hydrogen) atoms. The third kappa shape index (κ3) is 1.19. The second-order valence-corrected chi connectivity index (χ2v) is 2.15. The first-order chi connectivity index (χ1) is 4.20. The molecule has 0 atom stereocenters. The average molecular weight is 122 g/mol.